The number of allylic oxidation sites excluding steroid dienone is 1. The van der Waals surface area contributed by atoms with Crippen LogP contribution in [0.5, 0.6) is 0 Å². The number of nitrogens with one attached hydrogen (secondary N) is 4. The van der Waals surface area contributed by atoms with Crippen LogP contribution >= 0.6 is 0 Å². The molecule has 2 unspecified atom stereocenters. The van der Waals surface area contributed by atoms with Crippen LogP contribution in [0.1, 0.15) is 89.0 Å². The number of piperidine rings is 4. The molecule has 1 spiro atoms. The third-order valence-corrected chi connectivity index (χ3v) is 13.2. The molecule has 0 radical (unpaired) electrons. The van der Waals surface area contributed by atoms with Crippen LogP contribution in [0.25, 0.3) is 0 Å². The van der Waals surface area contributed by atoms with Crippen molar-refractivity contribution in [2.45, 2.75) is 69.9 Å². The number of imide groups is 2. The number of carbonyl (C=O) groups is 6. The monoisotopic (exact) mass is 808 g/mol. The fraction of sp³-hybridized carbons (Fsp3) is 0.537. The lowest BCUT2D eigenvalue weighted by molar-refractivity contribution is -0.140. The van der Waals surface area contributed by atoms with Gasteiger partial charge in [0.2, 0.25) is 17.7 Å². The molecule has 5 fully saturated rings. The smallest absolute Gasteiger partial charge is 0.271 e. The number of carbonyl (C=O) groups excluding carboxylic acids is 6. The Balaban J connectivity index is 0.826. The summed E-state index contributed by atoms with van der Waals surface area (Å²) in [6, 6.07) is 4.38. The zero-order valence-corrected chi connectivity index (χ0v) is 33.4. The molecular formula is C41H52N12O6. The van der Waals surface area contributed by atoms with Gasteiger partial charge in [-0.3, -0.25) is 39.0 Å². The van der Waals surface area contributed by atoms with Crippen LogP contribution in [-0.4, -0.2) is 138 Å². The molecule has 59 heavy (non-hydrogen) atoms. The zero-order chi connectivity index (χ0) is 41.4. The van der Waals surface area contributed by atoms with Crippen LogP contribution in [0.2, 0.25) is 0 Å². The number of primary amides is 1. The van der Waals surface area contributed by atoms with Gasteiger partial charge < -0.3 is 41.4 Å². The average molecular weight is 809 g/mol. The molecule has 1 aromatic heterocycles. The Hall–Kier alpha value is -5.91. The second-order valence-corrected chi connectivity index (χ2v) is 16.6. The van der Waals surface area contributed by atoms with Gasteiger partial charge >= 0.3 is 0 Å². The van der Waals surface area contributed by atoms with Gasteiger partial charge in [0.25, 0.3) is 17.7 Å². The number of hydrogen-bond acceptors (Lipinski definition) is 14. The Labute approximate surface area is 342 Å². The number of likely N-dealkylation sites (tertiary alicyclic amines) is 2. The Morgan fingerprint density at radius 3 is 2.42 bits per heavy atom. The molecule has 6 aliphatic rings. The normalized spacial score (nSPS) is 24.2. The summed E-state index contributed by atoms with van der Waals surface area (Å²) in [6.45, 7) is 6.49. The fourth-order valence-electron chi connectivity index (χ4n) is 9.84. The first kappa shape index (κ1) is 39.9. The number of nitrogens with two attached hydrogens (primary N) is 1. The summed E-state index contributed by atoms with van der Waals surface area (Å²) in [7, 11) is 1.70. The number of rotatable bonds is 11. The standard InChI is InChI=1S/C41H52N12O6/c1-44-21-26(20-42)46-36-34(35(43)55)45-22-32(47-36)51-13-2-3-28(24-51)52-18-12-41(40(52)59)10-16-49(17-11-41)23-25-8-14-50(15-9-25)27-4-5-29-30(19-27)39(58)53(38(29)57)31-6-7-33(54)48-37(31)56/h4-5,19-22,25,28,31,42,44H,2-3,6-18,23-24H2,1H3,(H2,43,55)(H,46,47)(H,48,54,56)/b26-21+,42-20?. The molecule has 0 bridgehead atoms. The van der Waals surface area contributed by atoms with E-state index in [2.05, 4.69) is 45.5 Å². The average Bonchev–Trinajstić information content (AvgIpc) is 3.69. The Morgan fingerprint density at radius 2 is 1.71 bits per heavy atom. The molecule has 2 aromatic rings. The summed E-state index contributed by atoms with van der Waals surface area (Å²) in [5, 5.41) is 15.8. The summed E-state index contributed by atoms with van der Waals surface area (Å²) in [5.74, 6) is -1.21. The molecule has 6 aliphatic heterocycles. The van der Waals surface area contributed by atoms with Crippen LogP contribution in [0.4, 0.5) is 17.3 Å². The maximum absolute atomic E-state index is 14.2. The quantitative estimate of drug-likeness (QED) is 0.160. The highest BCUT2D eigenvalue weighted by atomic mass is 16.2. The number of amides is 6. The summed E-state index contributed by atoms with van der Waals surface area (Å²) >= 11 is 0. The molecule has 5 saturated heterocycles. The van der Waals surface area contributed by atoms with Crippen LogP contribution in [0.15, 0.2) is 36.3 Å². The molecule has 312 valence electrons. The minimum absolute atomic E-state index is 0.0178. The number of aromatic nitrogens is 2. The number of fused-ring (bicyclic) bond motifs is 1. The lowest BCUT2D eigenvalue weighted by atomic mass is 9.76. The maximum atomic E-state index is 14.2. The lowest BCUT2D eigenvalue weighted by Gasteiger charge is -2.42. The molecule has 1 aromatic carbocycles. The van der Waals surface area contributed by atoms with Crippen LogP contribution < -0.4 is 31.5 Å². The SMILES string of the molecule is CN/C=C(\C=N)Nc1nc(N2CCCC(N3CCC4(CCN(CC5CCN(c6ccc7c(c6)C(=O)N(C6CCC(=O)NC6=O)C7=O)CC5)CC4)C3=O)C2)cnc1C(N)=O. The van der Waals surface area contributed by atoms with Gasteiger partial charge in [-0.1, -0.05) is 0 Å². The van der Waals surface area contributed by atoms with E-state index >= 15 is 0 Å². The van der Waals surface area contributed by atoms with Gasteiger partial charge in [-0.15, -0.1) is 0 Å². The molecule has 7 heterocycles. The molecule has 18 heteroatoms. The van der Waals surface area contributed by atoms with E-state index in [1.54, 1.807) is 31.6 Å². The second kappa shape index (κ2) is 16.4. The van der Waals surface area contributed by atoms with Crippen molar-refractivity contribution in [1.82, 2.24) is 35.3 Å². The Morgan fingerprint density at radius 1 is 0.966 bits per heavy atom. The van der Waals surface area contributed by atoms with Gasteiger partial charge in [0, 0.05) is 76.9 Å². The molecule has 18 nitrogen and oxygen atoms in total. The van der Waals surface area contributed by atoms with Crippen molar-refractivity contribution >= 4 is 59.0 Å². The molecule has 6 amide bonds. The van der Waals surface area contributed by atoms with Gasteiger partial charge in [0.15, 0.2) is 11.5 Å². The van der Waals surface area contributed by atoms with Crippen molar-refractivity contribution in [3.8, 4) is 0 Å². The predicted octanol–water partition coefficient (Wildman–Crippen LogP) is 1.30. The van der Waals surface area contributed by atoms with Gasteiger partial charge in [-0.2, -0.15) is 0 Å². The minimum Gasteiger partial charge on any atom is -0.392 e. The summed E-state index contributed by atoms with van der Waals surface area (Å²) < 4.78 is 0. The molecule has 0 saturated carbocycles. The van der Waals surface area contributed by atoms with Gasteiger partial charge in [-0.25, -0.2) is 9.97 Å². The van der Waals surface area contributed by atoms with Crippen molar-refractivity contribution in [3.63, 3.8) is 0 Å². The van der Waals surface area contributed by atoms with E-state index in [9.17, 15) is 28.8 Å². The molecule has 8 rings (SSSR count). The van der Waals surface area contributed by atoms with Crippen molar-refractivity contribution in [2.24, 2.45) is 17.1 Å². The van der Waals surface area contributed by atoms with Crippen LogP contribution in [0, 0.1) is 16.7 Å². The molecule has 6 N–H and O–H groups in total. The van der Waals surface area contributed by atoms with E-state index < -0.39 is 35.6 Å². The lowest BCUT2D eigenvalue weighted by Crippen LogP contribution is -2.54. The van der Waals surface area contributed by atoms with Crippen LogP contribution in [0.3, 0.4) is 0 Å². The van der Waals surface area contributed by atoms with Crippen molar-refractivity contribution in [1.29, 1.82) is 5.41 Å². The predicted molar refractivity (Wildman–Crippen MR) is 218 cm³/mol. The van der Waals surface area contributed by atoms with E-state index in [1.807, 2.05) is 6.07 Å². The number of anilines is 3. The third-order valence-electron chi connectivity index (χ3n) is 13.2. The topological polar surface area (TPSA) is 230 Å². The van der Waals surface area contributed by atoms with Crippen molar-refractivity contribution < 1.29 is 28.8 Å². The van der Waals surface area contributed by atoms with E-state index in [-0.39, 0.29) is 47.3 Å². The third kappa shape index (κ3) is 7.72. The first-order chi connectivity index (χ1) is 28.5. The molecule has 0 aliphatic carbocycles. The first-order valence-electron chi connectivity index (χ1n) is 20.7. The fourth-order valence-corrected chi connectivity index (χ4v) is 9.84. The van der Waals surface area contributed by atoms with Crippen molar-refractivity contribution in [2.75, 3.05) is 74.5 Å². The molecule has 2 atom stereocenters. The van der Waals surface area contributed by atoms with E-state index in [0.717, 1.165) is 108 Å². The second-order valence-electron chi connectivity index (χ2n) is 16.6. The maximum Gasteiger partial charge on any atom is 0.271 e. The summed E-state index contributed by atoms with van der Waals surface area (Å²) in [5.41, 5.74) is 7.08. The van der Waals surface area contributed by atoms with E-state index in [0.29, 0.717) is 29.5 Å². The summed E-state index contributed by atoms with van der Waals surface area (Å²) in [4.78, 5) is 95.9. The van der Waals surface area contributed by atoms with Crippen LogP contribution in [-0.2, 0) is 14.4 Å². The first-order valence-corrected chi connectivity index (χ1v) is 20.7. The largest absolute Gasteiger partial charge is 0.392 e. The zero-order valence-electron chi connectivity index (χ0n) is 33.4. The Kier molecular flexibility index (Phi) is 11.1. The number of benzene rings is 1. The van der Waals surface area contributed by atoms with Gasteiger partial charge in [0.05, 0.1) is 28.4 Å². The van der Waals surface area contributed by atoms with Gasteiger partial charge in [-0.05, 0) is 88.6 Å². The number of nitrogens with zero attached hydrogens (tertiary/aromatic N) is 7. The Bertz CT molecular complexity index is 2090. The summed E-state index contributed by atoms with van der Waals surface area (Å²) in [6.07, 6.45) is 10.8. The highest BCUT2D eigenvalue weighted by Crippen LogP contribution is 2.44. The molecular weight excluding hydrogens is 757 g/mol. The minimum atomic E-state index is -0.984. The van der Waals surface area contributed by atoms with E-state index in [1.165, 1.54) is 0 Å². The highest BCUT2D eigenvalue weighted by Gasteiger charge is 2.50. The van der Waals surface area contributed by atoms with Gasteiger partial charge in [0.1, 0.15) is 11.9 Å². The van der Waals surface area contributed by atoms with E-state index in [4.69, 9.17) is 11.1 Å². The highest BCUT2D eigenvalue weighted by molar-refractivity contribution is 6.23. The van der Waals surface area contributed by atoms with Crippen molar-refractivity contribution in [3.05, 3.63) is 53.1 Å². The number of hydrogen-bond donors (Lipinski definition) is 5.